The van der Waals surface area contributed by atoms with Gasteiger partial charge in [-0.3, -0.25) is 4.68 Å². The second kappa shape index (κ2) is 7.54. The molecular weight excluding hydrogens is 358 g/mol. The summed E-state index contributed by atoms with van der Waals surface area (Å²) >= 11 is 0. The van der Waals surface area contributed by atoms with Gasteiger partial charge in [-0.1, -0.05) is 13.8 Å². The Labute approximate surface area is 164 Å². The number of hydrogen-bond acceptors (Lipinski definition) is 5. The van der Waals surface area contributed by atoms with Gasteiger partial charge in [0.15, 0.2) is 0 Å². The van der Waals surface area contributed by atoms with E-state index in [1.165, 1.54) is 0 Å². The fraction of sp³-hybridized carbons (Fsp3) is 0.684. The number of fused-ring (bicyclic) bond motifs is 1. The molecule has 0 bridgehead atoms. The van der Waals surface area contributed by atoms with Crippen LogP contribution in [0.1, 0.15) is 49.3 Å². The molecule has 1 unspecified atom stereocenters. The Balaban J connectivity index is 1.41. The van der Waals surface area contributed by atoms with Crippen LogP contribution in [0.3, 0.4) is 0 Å². The number of aliphatic hydroxyl groups is 1. The second-order valence-corrected chi connectivity index (χ2v) is 8.33. The minimum absolute atomic E-state index is 0.0401. The van der Waals surface area contributed by atoms with Gasteiger partial charge in [0.1, 0.15) is 11.6 Å². The molecule has 2 aromatic rings. The van der Waals surface area contributed by atoms with E-state index in [-0.39, 0.29) is 30.5 Å². The molecule has 3 atom stereocenters. The third kappa shape index (κ3) is 3.50. The molecule has 0 radical (unpaired) electrons. The smallest absolute Gasteiger partial charge is 0.317 e. The highest BCUT2D eigenvalue weighted by atomic mass is 16.3. The minimum atomic E-state index is -0.0579. The van der Waals surface area contributed by atoms with Gasteiger partial charge in [-0.05, 0) is 12.0 Å². The number of rotatable bonds is 4. The van der Waals surface area contributed by atoms with Crippen LogP contribution in [0, 0.1) is 5.92 Å². The molecule has 0 aliphatic carbocycles. The van der Waals surface area contributed by atoms with Crippen molar-refractivity contribution in [1.82, 2.24) is 34.8 Å². The molecule has 4 rings (SSSR count). The van der Waals surface area contributed by atoms with Crippen LogP contribution in [0.5, 0.6) is 0 Å². The van der Waals surface area contributed by atoms with Gasteiger partial charge >= 0.3 is 6.03 Å². The Bertz CT molecular complexity index is 843. The Kier molecular flexibility index (Phi) is 5.09. The number of aryl methyl sites for hydroxylation is 2. The van der Waals surface area contributed by atoms with Crippen LogP contribution in [0.15, 0.2) is 12.4 Å². The lowest BCUT2D eigenvalue weighted by atomic mass is 9.92. The number of likely N-dealkylation sites (tertiary alicyclic amines) is 1. The Morgan fingerprint density at radius 1 is 1.32 bits per heavy atom. The summed E-state index contributed by atoms with van der Waals surface area (Å²) in [7, 11) is 1.88. The van der Waals surface area contributed by atoms with Crippen LogP contribution in [-0.4, -0.2) is 66.3 Å². The molecule has 0 saturated carbocycles. The van der Waals surface area contributed by atoms with Crippen molar-refractivity contribution in [2.75, 3.05) is 19.7 Å². The van der Waals surface area contributed by atoms with E-state index in [2.05, 4.69) is 39.0 Å². The summed E-state index contributed by atoms with van der Waals surface area (Å²) in [5.74, 6) is 2.45. The predicted octanol–water partition coefficient (Wildman–Crippen LogP) is 0.867. The summed E-state index contributed by atoms with van der Waals surface area (Å²) < 4.78 is 3.91. The van der Waals surface area contributed by atoms with Crippen LogP contribution >= 0.6 is 0 Å². The van der Waals surface area contributed by atoms with Gasteiger partial charge in [-0.25, -0.2) is 4.79 Å². The van der Waals surface area contributed by atoms with Crippen molar-refractivity contribution < 1.29 is 9.90 Å². The zero-order valence-electron chi connectivity index (χ0n) is 16.7. The first-order valence-electron chi connectivity index (χ1n) is 10.0. The van der Waals surface area contributed by atoms with Crippen molar-refractivity contribution >= 4 is 6.03 Å². The second-order valence-electron chi connectivity index (χ2n) is 8.33. The number of nitrogens with zero attached hydrogens (tertiary/aromatic N) is 6. The van der Waals surface area contributed by atoms with Gasteiger partial charge in [0.2, 0.25) is 0 Å². The molecule has 2 aliphatic heterocycles. The molecule has 9 heteroatoms. The van der Waals surface area contributed by atoms with E-state index < -0.39 is 0 Å². The van der Waals surface area contributed by atoms with Crippen molar-refractivity contribution in [3.05, 3.63) is 29.6 Å². The molecule has 2 N–H and O–H groups in total. The van der Waals surface area contributed by atoms with Crippen LogP contribution in [-0.2, 0) is 20.0 Å². The van der Waals surface area contributed by atoms with E-state index >= 15 is 0 Å². The fourth-order valence-electron chi connectivity index (χ4n) is 4.39. The normalized spacial score (nSPS) is 24.6. The highest BCUT2D eigenvalue weighted by Gasteiger charge is 2.37. The third-order valence-electron chi connectivity index (χ3n) is 5.94. The lowest BCUT2D eigenvalue weighted by molar-refractivity contribution is 0.191. The van der Waals surface area contributed by atoms with Crippen molar-refractivity contribution in [3.63, 3.8) is 0 Å². The van der Waals surface area contributed by atoms with Gasteiger partial charge in [0.05, 0.1) is 6.20 Å². The summed E-state index contributed by atoms with van der Waals surface area (Å²) in [4.78, 5) is 14.7. The van der Waals surface area contributed by atoms with E-state index in [0.29, 0.717) is 25.6 Å². The molecule has 2 aromatic heterocycles. The SMILES string of the molecule is CC(C)c1nnc2n1CC(NC(=O)N1C[C@@H](CO)[C@H](c3cnn(C)c3)C1)CC2. The highest BCUT2D eigenvalue weighted by molar-refractivity contribution is 5.75. The summed E-state index contributed by atoms with van der Waals surface area (Å²) in [5.41, 5.74) is 1.07. The molecule has 1 saturated heterocycles. The topological polar surface area (TPSA) is 101 Å². The van der Waals surface area contributed by atoms with Crippen molar-refractivity contribution in [1.29, 1.82) is 0 Å². The van der Waals surface area contributed by atoms with Gasteiger partial charge in [0, 0.05) is 69.7 Å². The van der Waals surface area contributed by atoms with Crippen LogP contribution in [0.25, 0.3) is 0 Å². The monoisotopic (exact) mass is 387 g/mol. The van der Waals surface area contributed by atoms with E-state index in [1.54, 1.807) is 4.68 Å². The lowest BCUT2D eigenvalue weighted by Crippen LogP contribution is -2.47. The molecule has 9 nitrogen and oxygen atoms in total. The van der Waals surface area contributed by atoms with Gasteiger partial charge < -0.3 is 19.9 Å². The number of amides is 2. The van der Waals surface area contributed by atoms with Crippen LogP contribution in [0.4, 0.5) is 4.79 Å². The molecule has 2 aliphatic rings. The minimum Gasteiger partial charge on any atom is -0.396 e. The quantitative estimate of drug-likeness (QED) is 0.811. The summed E-state index contributed by atoms with van der Waals surface area (Å²) in [6, 6.07) is 0.0102. The maximum absolute atomic E-state index is 12.9. The Morgan fingerprint density at radius 2 is 2.14 bits per heavy atom. The largest absolute Gasteiger partial charge is 0.396 e. The molecule has 2 amide bonds. The predicted molar refractivity (Wildman–Crippen MR) is 103 cm³/mol. The van der Waals surface area contributed by atoms with Gasteiger partial charge in [0.25, 0.3) is 0 Å². The number of aromatic nitrogens is 5. The maximum atomic E-state index is 12.9. The number of aliphatic hydroxyl groups excluding tert-OH is 1. The van der Waals surface area contributed by atoms with Crippen LogP contribution < -0.4 is 5.32 Å². The maximum Gasteiger partial charge on any atom is 0.317 e. The molecule has 1 fully saturated rings. The lowest BCUT2D eigenvalue weighted by Gasteiger charge is -2.28. The molecule has 4 heterocycles. The first kappa shape index (κ1) is 18.9. The number of nitrogens with one attached hydrogen (secondary N) is 1. The number of hydrogen-bond donors (Lipinski definition) is 2. The zero-order valence-corrected chi connectivity index (χ0v) is 16.7. The molecule has 152 valence electrons. The number of carbonyl (C=O) groups is 1. The first-order valence-corrected chi connectivity index (χ1v) is 10.0. The summed E-state index contributed by atoms with van der Waals surface area (Å²) in [6.07, 6.45) is 5.49. The third-order valence-corrected chi connectivity index (χ3v) is 5.94. The number of carbonyl (C=O) groups excluding carboxylic acids is 1. The van der Waals surface area contributed by atoms with E-state index in [0.717, 1.165) is 30.1 Å². The average Bonchev–Trinajstić information content (AvgIpc) is 3.38. The zero-order chi connectivity index (χ0) is 19.8. The Morgan fingerprint density at radius 3 is 2.82 bits per heavy atom. The standard InChI is InChI=1S/C19H29N7O2/c1-12(2)18-23-22-17-5-4-15(9-26(17)18)21-19(28)25-8-14(11-27)16(10-25)13-6-20-24(3)7-13/h6-7,12,14-16,27H,4-5,8-11H2,1-3H3,(H,21,28)/t14-,15?,16-/m0/s1. The molecule has 0 spiro atoms. The number of urea groups is 1. The van der Waals surface area contributed by atoms with E-state index in [9.17, 15) is 9.90 Å². The van der Waals surface area contributed by atoms with Gasteiger partial charge in [-0.2, -0.15) is 5.10 Å². The van der Waals surface area contributed by atoms with Gasteiger partial charge in [-0.15, -0.1) is 10.2 Å². The fourth-order valence-corrected chi connectivity index (χ4v) is 4.39. The van der Waals surface area contributed by atoms with E-state index in [4.69, 9.17) is 0 Å². The molecular formula is C19H29N7O2. The van der Waals surface area contributed by atoms with Crippen LogP contribution in [0.2, 0.25) is 0 Å². The van der Waals surface area contributed by atoms with Crippen molar-refractivity contribution in [3.8, 4) is 0 Å². The summed E-state index contributed by atoms with van der Waals surface area (Å²) in [6.45, 7) is 6.16. The van der Waals surface area contributed by atoms with E-state index in [1.807, 2.05) is 24.3 Å². The highest BCUT2D eigenvalue weighted by Crippen LogP contribution is 2.32. The average molecular weight is 387 g/mol. The Hall–Kier alpha value is -2.42. The van der Waals surface area contributed by atoms with Crippen molar-refractivity contribution in [2.45, 2.75) is 51.1 Å². The molecule has 28 heavy (non-hydrogen) atoms. The molecule has 0 aromatic carbocycles. The van der Waals surface area contributed by atoms with Crippen molar-refractivity contribution in [2.24, 2.45) is 13.0 Å². The summed E-state index contributed by atoms with van der Waals surface area (Å²) in [5, 5.41) is 25.8. The first-order chi connectivity index (χ1) is 13.5.